The van der Waals surface area contributed by atoms with Crippen molar-refractivity contribution in [3.63, 3.8) is 0 Å². The van der Waals surface area contributed by atoms with Crippen LogP contribution in [0, 0.1) is 0 Å². The minimum atomic E-state index is 0.784. The van der Waals surface area contributed by atoms with E-state index in [-0.39, 0.29) is 0 Å². The molecule has 0 aliphatic carbocycles. The number of rotatable bonds is 7. The highest BCUT2D eigenvalue weighted by Crippen LogP contribution is 1.91. The lowest BCUT2D eigenvalue weighted by atomic mass is 10.3. The first kappa shape index (κ1) is 10.8. The van der Waals surface area contributed by atoms with E-state index in [9.17, 15) is 0 Å². The fourth-order valence-corrected chi connectivity index (χ4v) is 0.732. The average molecular weight is 166 g/mol. The van der Waals surface area contributed by atoms with E-state index in [0.717, 1.165) is 30.9 Å². The van der Waals surface area contributed by atoms with Crippen molar-refractivity contribution in [2.75, 3.05) is 13.1 Å². The van der Waals surface area contributed by atoms with Crippen molar-refractivity contribution >= 4 is 0 Å². The third-order valence-electron chi connectivity index (χ3n) is 1.35. The molecule has 0 saturated heterocycles. The van der Waals surface area contributed by atoms with Gasteiger partial charge >= 0.3 is 0 Å². The van der Waals surface area contributed by atoms with Crippen molar-refractivity contribution in [1.82, 2.24) is 10.6 Å². The summed E-state index contributed by atoms with van der Waals surface area (Å²) < 4.78 is 0. The van der Waals surface area contributed by atoms with Crippen LogP contribution in [0.2, 0.25) is 0 Å². The van der Waals surface area contributed by atoms with Crippen LogP contribution in [0.3, 0.4) is 0 Å². The van der Waals surface area contributed by atoms with Crippen LogP contribution in [0.4, 0.5) is 0 Å². The molecule has 0 amide bonds. The van der Waals surface area contributed by atoms with E-state index in [0.29, 0.717) is 0 Å². The molecule has 12 heavy (non-hydrogen) atoms. The first-order chi connectivity index (χ1) is 5.66. The molecule has 0 saturated carbocycles. The van der Waals surface area contributed by atoms with Gasteiger partial charge in [0.05, 0.1) is 0 Å². The lowest BCUT2D eigenvalue weighted by molar-refractivity contribution is 0.737. The summed E-state index contributed by atoms with van der Waals surface area (Å²) in [5.41, 5.74) is 2.02. The van der Waals surface area contributed by atoms with Crippen molar-refractivity contribution < 1.29 is 0 Å². The molecule has 0 rings (SSSR count). The molecule has 0 atom stereocenters. The van der Waals surface area contributed by atoms with Crippen LogP contribution in [0.1, 0.15) is 13.3 Å². The van der Waals surface area contributed by atoms with Gasteiger partial charge in [-0.15, -0.1) is 6.58 Å². The molecule has 0 aromatic rings. The molecule has 0 fully saturated rings. The smallest absolute Gasteiger partial charge is 0.0325 e. The van der Waals surface area contributed by atoms with Crippen LogP contribution in [0.15, 0.2) is 37.2 Å². The molecule has 0 aliphatic rings. The highest BCUT2D eigenvalue weighted by Gasteiger charge is 1.90. The van der Waals surface area contributed by atoms with Gasteiger partial charge in [0.1, 0.15) is 0 Å². The minimum absolute atomic E-state index is 0.784. The Morgan fingerprint density at radius 3 is 2.50 bits per heavy atom. The fourth-order valence-electron chi connectivity index (χ4n) is 0.732. The lowest BCUT2D eigenvalue weighted by Crippen LogP contribution is -2.18. The van der Waals surface area contributed by atoms with Crippen molar-refractivity contribution in [1.29, 1.82) is 0 Å². The van der Waals surface area contributed by atoms with Gasteiger partial charge in [-0.25, -0.2) is 0 Å². The second-order valence-corrected chi connectivity index (χ2v) is 2.73. The minimum Gasteiger partial charge on any atom is -0.389 e. The van der Waals surface area contributed by atoms with Crippen LogP contribution < -0.4 is 10.6 Å². The average Bonchev–Trinajstić information content (AvgIpc) is 2.00. The van der Waals surface area contributed by atoms with Gasteiger partial charge in [0.15, 0.2) is 0 Å². The Morgan fingerprint density at radius 1 is 1.33 bits per heavy atom. The molecule has 2 N–H and O–H groups in total. The molecule has 0 unspecified atom stereocenters. The Morgan fingerprint density at radius 2 is 2.00 bits per heavy atom. The van der Waals surface area contributed by atoms with Crippen molar-refractivity contribution in [2.45, 2.75) is 13.3 Å². The predicted octanol–water partition coefficient (Wildman–Crippen LogP) is 1.79. The van der Waals surface area contributed by atoms with Gasteiger partial charge in [-0.2, -0.15) is 0 Å². The standard InChI is InChI=1S/C10H18N2/c1-5-7-12-10(4)6-8-11-9(2)3/h5,11-12H,1-2,4,6-8H2,3H3. The third-order valence-corrected chi connectivity index (χ3v) is 1.35. The Kier molecular flexibility index (Phi) is 5.88. The van der Waals surface area contributed by atoms with E-state index in [1.165, 1.54) is 0 Å². The van der Waals surface area contributed by atoms with Gasteiger partial charge < -0.3 is 10.6 Å². The first-order valence-electron chi connectivity index (χ1n) is 4.08. The normalized spacial score (nSPS) is 8.75. The van der Waals surface area contributed by atoms with Gasteiger partial charge in [-0.1, -0.05) is 19.2 Å². The number of allylic oxidation sites excluding steroid dienone is 1. The van der Waals surface area contributed by atoms with Crippen molar-refractivity contribution in [2.24, 2.45) is 0 Å². The number of hydrogen-bond acceptors (Lipinski definition) is 2. The van der Waals surface area contributed by atoms with Crippen LogP contribution in [0.5, 0.6) is 0 Å². The maximum Gasteiger partial charge on any atom is 0.0325 e. The SMILES string of the molecule is C=CCNC(=C)CCNC(=C)C. The highest BCUT2D eigenvalue weighted by atomic mass is 14.9. The highest BCUT2D eigenvalue weighted by molar-refractivity contribution is 4.95. The number of nitrogens with one attached hydrogen (secondary N) is 2. The summed E-state index contributed by atoms with van der Waals surface area (Å²) in [6, 6.07) is 0. The van der Waals surface area contributed by atoms with Crippen LogP contribution in [0.25, 0.3) is 0 Å². The summed E-state index contributed by atoms with van der Waals surface area (Å²) in [7, 11) is 0. The van der Waals surface area contributed by atoms with E-state index in [2.05, 4.69) is 30.4 Å². The molecule has 2 heteroatoms. The Labute approximate surface area is 75.1 Å². The summed E-state index contributed by atoms with van der Waals surface area (Å²) in [6.07, 6.45) is 2.73. The third kappa shape index (κ3) is 6.93. The molecule has 2 nitrogen and oxygen atoms in total. The van der Waals surface area contributed by atoms with Gasteiger partial charge in [-0.3, -0.25) is 0 Å². The monoisotopic (exact) mass is 166 g/mol. The van der Waals surface area contributed by atoms with E-state index in [4.69, 9.17) is 0 Å². The fraction of sp³-hybridized carbons (Fsp3) is 0.400. The van der Waals surface area contributed by atoms with Gasteiger partial charge in [0, 0.05) is 30.9 Å². The Balaban J connectivity index is 3.31. The molecule has 0 bridgehead atoms. The molecule has 0 aromatic carbocycles. The van der Waals surface area contributed by atoms with Crippen molar-refractivity contribution in [3.05, 3.63) is 37.2 Å². The van der Waals surface area contributed by atoms with Crippen LogP contribution >= 0.6 is 0 Å². The molecule has 0 radical (unpaired) electrons. The van der Waals surface area contributed by atoms with E-state index < -0.39 is 0 Å². The quantitative estimate of drug-likeness (QED) is 0.563. The van der Waals surface area contributed by atoms with Gasteiger partial charge in [-0.05, 0) is 6.92 Å². The number of hydrogen-bond donors (Lipinski definition) is 2. The molecular weight excluding hydrogens is 148 g/mol. The second kappa shape index (κ2) is 6.53. The summed E-state index contributed by atoms with van der Waals surface area (Å²) in [4.78, 5) is 0. The Bertz CT molecular complexity index is 171. The van der Waals surface area contributed by atoms with Crippen LogP contribution in [-0.4, -0.2) is 13.1 Å². The Hall–Kier alpha value is -1.18. The predicted molar refractivity (Wildman–Crippen MR) is 54.8 cm³/mol. The summed E-state index contributed by atoms with van der Waals surface area (Å²) in [5, 5.41) is 6.26. The molecular formula is C10H18N2. The zero-order valence-electron chi connectivity index (χ0n) is 7.82. The molecule has 0 heterocycles. The molecule has 0 spiro atoms. The van der Waals surface area contributed by atoms with Gasteiger partial charge in [0.2, 0.25) is 0 Å². The maximum absolute atomic E-state index is 3.86. The molecule has 68 valence electrons. The zero-order chi connectivity index (χ0) is 9.40. The summed E-state index contributed by atoms with van der Waals surface area (Å²) >= 11 is 0. The topological polar surface area (TPSA) is 24.1 Å². The summed E-state index contributed by atoms with van der Waals surface area (Å²) in [5.74, 6) is 0. The summed E-state index contributed by atoms with van der Waals surface area (Å²) in [6.45, 7) is 14.8. The van der Waals surface area contributed by atoms with Crippen LogP contribution in [-0.2, 0) is 0 Å². The van der Waals surface area contributed by atoms with E-state index >= 15 is 0 Å². The molecule has 0 aromatic heterocycles. The van der Waals surface area contributed by atoms with Gasteiger partial charge in [0.25, 0.3) is 0 Å². The second-order valence-electron chi connectivity index (χ2n) is 2.73. The maximum atomic E-state index is 3.86. The first-order valence-corrected chi connectivity index (χ1v) is 4.08. The zero-order valence-corrected chi connectivity index (χ0v) is 7.82. The molecule has 0 aliphatic heterocycles. The lowest BCUT2D eigenvalue weighted by Gasteiger charge is -2.08. The largest absolute Gasteiger partial charge is 0.389 e. The van der Waals surface area contributed by atoms with Crippen molar-refractivity contribution in [3.8, 4) is 0 Å². The van der Waals surface area contributed by atoms with E-state index in [1.54, 1.807) is 0 Å². The van der Waals surface area contributed by atoms with E-state index in [1.807, 2.05) is 13.0 Å².